The van der Waals surface area contributed by atoms with Gasteiger partial charge in [0, 0.05) is 53.5 Å². The summed E-state index contributed by atoms with van der Waals surface area (Å²) in [6.45, 7) is 0. The van der Waals surface area contributed by atoms with E-state index in [2.05, 4.69) is 203 Å². The molecule has 4 heteroatoms. The van der Waals surface area contributed by atoms with Gasteiger partial charge in [-0.2, -0.15) is 0 Å². The minimum atomic E-state index is 0. The Morgan fingerprint density at radius 1 is 0.404 bits per heavy atom. The number of hydrogen-bond acceptors (Lipinski definition) is 1. The zero-order valence-corrected chi connectivity index (χ0v) is 33.2. The molecule has 3 aromatic heterocycles. The van der Waals surface area contributed by atoms with Crippen LogP contribution >= 0.6 is 0 Å². The molecular weight excluding hydrogens is 871 g/mol. The molecule has 0 amide bonds. The molecular formula is C53H34IrN3-. The second-order valence-corrected chi connectivity index (χ2v) is 14.3. The van der Waals surface area contributed by atoms with Crippen LogP contribution in [0.5, 0.6) is 0 Å². The summed E-state index contributed by atoms with van der Waals surface area (Å²) in [5.74, 6) is 0. The van der Waals surface area contributed by atoms with Crippen LogP contribution in [0.25, 0.3) is 99.6 Å². The maximum Gasteiger partial charge on any atom is 0.0788 e. The fraction of sp³-hybridized carbons (Fsp3) is 0. The van der Waals surface area contributed by atoms with Crippen molar-refractivity contribution in [1.82, 2.24) is 14.1 Å². The molecule has 0 spiro atoms. The largest absolute Gasteiger partial charge is 0.325 e. The van der Waals surface area contributed by atoms with Crippen molar-refractivity contribution >= 4 is 43.6 Å². The summed E-state index contributed by atoms with van der Waals surface area (Å²) in [7, 11) is 0. The molecule has 8 aromatic carbocycles. The van der Waals surface area contributed by atoms with Crippen LogP contribution in [0.3, 0.4) is 0 Å². The number of fused-ring (bicyclic) bond motifs is 7. The van der Waals surface area contributed by atoms with E-state index in [0.29, 0.717) is 0 Å². The van der Waals surface area contributed by atoms with Gasteiger partial charge >= 0.3 is 0 Å². The van der Waals surface area contributed by atoms with Crippen LogP contribution in [-0.2, 0) is 20.1 Å². The SMILES string of the molecule is [Ir].[c-]1cc(-c2ccc(-c3cccc(-c4ccccc4)c3)cc2)c(-n2c3ccccc3c3ccc4c5ccccc5n(-c5ccccc5)c4c32)cc1-c1ccccn1. The first kappa shape index (κ1) is 34.6. The summed E-state index contributed by atoms with van der Waals surface area (Å²) in [5, 5.41) is 4.87. The molecule has 0 aliphatic rings. The Balaban J connectivity index is 0.00000396. The zero-order valence-electron chi connectivity index (χ0n) is 30.8. The average molecular weight is 905 g/mol. The van der Waals surface area contributed by atoms with Crippen molar-refractivity contribution < 1.29 is 20.1 Å². The van der Waals surface area contributed by atoms with E-state index in [9.17, 15) is 0 Å². The monoisotopic (exact) mass is 905 g/mol. The molecule has 3 nitrogen and oxygen atoms in total. The summed E-state index contributed by atoms with van der Waals surface area (Å²) in [4.78, 5) is 4.76. The number of hydrogen-bond donors (Lipinski definition) is 0. The van der Waals surface area contributed by atoms with Gasteiger partial charge in [-0.3, -0.25) is 0 Å². The molecule has 3 heterocycles. The van der Waals surface area contributed by atoms with E-state index in [1.807, 2.05) is 18.3 Å². The van der Waals surface area contributed by atoms with Crippen LogP contribution in [0.2, 0.25) is 0 Å². The third kappa shape index (κ3) is 5.81. The van der Waals surface area contributed by atoms with Crippen molar-refractivity contribution in [3.05, 3.63) is 212 Å². The number of nitrogens with zero attached hydrogens (tertiary/aromatic N) is 3. The van der Waals surface area contributed by atoms with Crippen LogP contribution in [-0.4, -0.2) is 14.1 Å². The molecule has 0 aliphatic heterocycles. The number of para-hydroxylation sites is 3. The summed E-state index contributed by atoms with van der Waals surface area (Å²) in [6, 6.07) is 75.4. The second kappa shape index (κ2) is 14.3. The molecule has 11 rings (SSSR count). The van der Waals surface area contributed by atoms with Crippen molar-refractivity contribution in [2.75, 3.05) is 0 Å². The molecule has 0 saturated heterocycles. The van der Waals surface area contributed by atoms with Crippen LogP contribution in [0.1, 0.15) is 0 Å². The molecule has 271 valence electrons. The van der Waals surface area contributed by atoms with Crippen molar-refractivity contribution in [2.24, 2.45) is 0 Å². The van der Waals surface area contributed by atoms with Crippen molar-refractivity contribution in [1.29, 1.82) is 0 Å². The minimum absolute atomic E-state index is 0. The van der Waals surface area contributed by atoms with Crippen molar-refractivity contribution in [3.8, 4) is 56.0 Å². The maximum atomic E-state index is 4.76. The summed E-state index contributed by atoms with van der Waals surface area (Å²) < 4.78 is 4.92. The van der Waals surface area contributed by atoms with Crippen LogP contribution < -0.4 is 0 Å². The fourth-order valence-corrected chi connectivity index (χ4v) is 8.51. The van der Waals surface area contributed by atoms with E-state index >= 15 is 0 Å². The first-order chi connectivity index (χ1) is 27.8. The summed E-state index contributed by atoms with van der Waals surface area (Å²) >= 11 is 0. The Kier molecular flexibility index (Phi) is 8.72. The van der Waals surface area contributed by atoms with E-state index in [-0.39, 0.29) is 20.1 Å². The standard InChI is InChI=1S/C53H34N3.Ir/c1-3-14-36(15-4-1)39-16-13-17-40(34-39)37-25-27-38(28-26-37)43-30-29-41(48-22-11-12-33-54-48)35-51(43)56-50-24-10-8-21-45(50)47-32-31-46-44-20-7-9-23-49(44)55(52(46)53(47)56)42-18-5-2-6-19-42;/h1-28,30-35H;/q-1;. The Hall–Kier alpha value is -6.84. The van der Waals surface area contributed by atoms with E-state index in [1.165, 1.54) is 54.8 Å². The van der Waals surface area contributed by atoms with Gasteiger partial charge in [-0.1, -0.05) is 163 Å². The van der Waals surface area contributed by atoms with Gasteiger partial charge in [0.15, 0.2) is 0 Å². The fourth-order valence-electron chi connectivity index (χ4n) is 8.51. The van der Waals surface area contributed by atoms with Gasteiger partial charge in [-0.05, 0) is 70.0 Å². The third-order valence-corrected chi connectivity index (χ3v) is 11.1. The number of aromatic nitrogens is 3. The van der Waals surface area contributed by atoms with Gasteiger partial charge in [-0.25, -0.2) is 0 Å². The topological polar surface area (TPSA) is 22.8 Å². The first-order valence-corrected chi connectivity index (χ1v) is 19.0. The van der Waals surface area contributed by atoms with Gasteiger partial charge < -0.3 is 14.1 Å². The maximum absolute atomic E-state index is 4.76. The minimum Gasteiger partial charge on any atom is -0.325 e. The smallest absolute Gasteiger partial charge is 0.0788 e. The van der Waals surface area contributed by atoms with Crippen molar-refractivity contribution in [2.45, 2.75) is 0 Å². The van der Waals surface area contributed by atoms with Gasteiger partial charge in [0.2, 0.25) is 0 Å². The molecule has 1 radical (unpaired) electrons. The number of pyridine rings is 1. The molecule has 0 fully saturated rings. The molecule has 57 heavy (non-hydrogen) atoms. The molecule has 0 bridgehead atoms. The van der Waals surface area contributed by atoms with Gasteiger partial charge in [0.05, 0.1) is 22.1 Å². The van der Waals surface area contributed by atoms with Crippen LogP contribution in [0.15, 0.2) is 206 Å². The first-order valence-electron chi connectivity index (χ1n) is 19.0. The Morgan fingerprint density at radius 2 is 0.947 bits per heavy atom. The van der Waals surface area contributed by atoms with Crippen LogP contribution in [0.4, 0.5) is 0 Å². The number of rotatable bonds is 6. The molecule has 0 saturated carbocycles. The van der Waals surface area contributed by atoms with Gasteiger partial charge in [-0.15, -0.1) is 23.8 Å². The molecule has 11 aromatic rings. The quantitative estimate of drug-likeness (QED) is 0.152. The predicted octanol–water partition coefficient (Wildman–Crippen LogP) is 13.7. The Morgan fingerprint density at radius 3 is 1.61 bits per heavy atom. The van der Waals surface area contributed by atoms with E-state index in [1.54, 1.807) is 0 Å². The molecule has 0 N–H and O–H groups in total. The van der Waals surface area contributed by atoms with Crippen molar-refractivity contribution in [3.63, 3.8) is 0 Å². The molecule has 0 unspecified atom stereocenters. The molecule has 0 aliphatic carbocycles. The van der Waals surface area contributed by atoms with Gasteiger partial charge in [0.1, 0.15) is 0 Å². The van der Waals surface area contributed by atoms with E-state index < -0.39 is 0 Å². The second-order valence-electron chi connectivity index (χ2n) is 14.3. The average Bonchev–Trinajstić information content (AvgIpc) is 3.80. The number of benzene rings is 8. The Bertz CT molecular complexity index is 3220. The predicted molar refractivity (Wildman–Crippen MR) is 233 cm³/mol. The van der Waals surface area contributed by atoms with E-state index in [4.69, 9.17) is 4.98 Å². The normalized spacial score (nSPS) is 11.4. The van der Waals surface area contributed by atoms with E-state index in [0.717, 1.165) is 44.8 Å². The summed E-state index contributed by atoms with van der Waals surface area (Å²) in [5.41, 5.74) is 15.7. The third-order valence-electron chi connectivity index (χ3n) is 11.1. The van der Waals surface area contributed by atoms with Gasteiger partial charge in [0.25, 0.3) is 0 Å². The van der Waals surface area contributed by atoms with Crippen LogP contribution in [0, 0.1) is 6.07 Å². The molecule has 0 atom stereocenters. The Labute approximate surface area is 344 Å². The zero-order chi connectivity index (χ0) is 37.0. The summed E-state index contributed by atoms with van der Waals surface area (Å²) in [6.07, 6.45) is 1.85.